The van der Waals surface area contributed by atoms with Gasteiger partial charge in [-0.1, -0.05) is 73.1 Å². The third-order valence-electron chi connectivity index (χ3n) is 6.50. The summed E-state index contributed by atoms with van der Waals surface area (Å²) in [6, 6.07) is 21.6. The first-order valence-electron chi connectivity index (χ1n) is 14.4. The Balaban J connectivity index is 1.80. The van der Waals surface area contributed by atoms with Crippen LogP contribution in [0.1, 0.15) is 58.1 Å². The molecule has 3 aromatic rings. The van der Waals surface area contributed by atoms with Crippen molar-refractivity contribution in [1.29, 1.82) is 0 Å². The zero-order chi connectivity index (χ0) is 30.4. The van der Waals surface area contributed by atoms with Gasteiger partial charge >= 0.3 is 12.1 Å². The van der Waals surface area contributed by atoms with Crippen LogP contribution in [0.15, 0.2) is 76.5 Å². The van der Waals surface area contributed by atoms with E-state index in [9.17, 15) is 9.59 Å². The third-order valence-corrected chi connectivity index (χ3v) is 7.88. The molecule has 0 aliphatic carbocycles. The number of benzene rings is 3. The molecule has 0 aliphatic heterocycles. The standard InChI is InChI=1S/C33H40ClNO6S/c1-5-19-33(31(36)39-7-3,35-32(37)40-8-4)20-18-25-14-16-27(22-28(25)34)42-30-21-26(38-6-2)15-17-29(30)41-23-24-12-10-9-11-13-24/h9-17,21-22H,5-8,18-20,23H2,1-4H3,(H,35,37)/t33-/m0/s1. The summed E-state index contributed by atoms with van der Waals surface area (Å²) in [7, 11) is 0. The minimum atomic E-state index is -1.21. The molecule has 0 aromatic heterocycles. The zero-order valence-corrected chi connectivity index (χ0v) is 26.3. The van der Waals surface area contributed by atoms with Crippen LogP contribution in [0.2, 0.25) is 5.02 Å². The van der Waals surface area contributed by atoms with Crippen molar-refractivity contribution in [2.24, 2.45) is 0 Å². The molecule has 226 valence electrons. The molecule has 0 fully saturated rings. The van der Waals surface area contributed by atoms with Crippen molar-refractivity contribution >= 4 is 35.4 Å². The van der Waals surface area contributed by atoms with E-state index in [0.29, 0.717) is 43.9 Å². The molecule has 3 rings (SSSR count). The number of amides is 1. The minimum Gasteiger partial charge on any atom is -0.494 e. The second kappa shape index (κ2) is 16.9. The molecule has 1 N–H and O–H groups in total. The zero-order valence-electron chi connectivity index (χ0n) is 24.7. The predicted molar refractivity (Wildman–Crippen MR) is 167 cm³/mol. The number of alkyl carbamates (subject to hydrolysis) is 1. The van der Waals surface area contributed by atoms with Gasteiger partial charge in [0.15, 0.2) is 0 Å². The highest BCUT2D eigenvalue weighted by atomic mass is 35.5. The highest BCUT2D eigenvalue weighted by Crippen LogP contribution is 2.39. The Hall–Kier alpha value is -3.36. The van der Waals surface area contributed by atoms with E-state index < -0.39 is 17.6 Å². The summed E-state index contributed by atoms with van der Waals surface area (Å²) in [6.45, 7) is 8.79. The number of hydrogen-bond acceptors (Lipinski definition) is 7. The number of rotatable bonds is 16. The topological polar surface area (TPSA) is 83.1 Å². The van der Waals surface area contributed by atoms with Crippen LogP contribution >= 0.6 is 23.4 Å². The molecule has 1 atom stereocenters. The summed E-state index contributed by atoms with van der Waals surface area (Å²) in [5, 5.41) is 3.36. The van der Waals surface area contributed by atoms with Gasteiger partial charge in [-0.15, -0.1) is 0 Å². The second-order valence-electron chi connectivity index (χ2n) is 9.57. The van der Waals surface area contributed by atoms with Crippen LogP contribution in [0, 0.1) is 0 Å². The average molecular weight is 614 g/mol. The van der Waals surface area contributed by atoms with Crippen molar-refractivity contribution in [1.82, 2.24) is 5.32 Å². The Kier molecular flexibility index (Phi) is 13.4. The van der Waals surface area contributed by atoms with E-state index in [1.165, 1.54) is 11.8 Å². The minimum absolute atomic E-state index is 0.203. The molecule has 0 unspecified atom stereocenters. The number of halogens is 1. The Morgan fingerprint density at radius 2 is 1.62 bits per heavy atom. The molecule has 7 nitrogen and oxygen atoms in total. The molecule has 0 aliphatic rings. The van der Waals surface area contributed by atoms with E-state index >= 15 is 0 Å². The van der Waals surface area contributed by atoms with Gasteiger partial charge in [0, 0.05) is 9.92 Å². The van der Waals surface area contributed by atoms with Crippen molar-refractivity contribution < 1.29 is 28.5 Å². The number of hydrogen-bond donors (Lipinski definition) is 1. The summed E-state index contributed by atoms with van der Waals surface area (Å²) >= 11 is 8.29. The summed E-state index contributed by atoms with van der Waals surface area (Å²) < 4.78 is 22.4. The van der Waals surface area contributed by atoms with Crippen molar-refractivity contribution in [2.75, 3.05) is 19.8 Å². The van der Waals surface area contributed by atoms with E-state index in [4.69, 9.17) is 30.5 Å². The van der Waals surface area contributed by atoms with E-state index in [-0.39, 0.29) is 13.2 Å². The first kappa shape index (κ1) is 33.1. The van der Waals surface area contributed by atoms with Gasteiger partial charge in [0.25, 0.3) is 0 Å². The van der Waals surface area contributed by atoms with Crippen LogP contribution in [0.4, 0.5) is 4.79 Å². The number of carbonyl (C=O) groups is 2. The molecule has 1 amide bonds. The van der Waals surface area contributed by atoms with E-state index in [1.54, 1.807) is 13.8 Å². The molecule has 0 saturated heterocycles. The van der Waals surface area contributed by atoms with Gasteiger partial charge in [-0.05, 0) is 81.5 Å². The smallest absolute Gasteiger partial charge is 0.408 e. The number of aryl methyl sites for hydroxylation is 1. The van der Waals surface area contributed by atoms with Gasteiger partial charge in [0.1, 0.15) is 23.6 Å². The lowest BCUT2D eigenvalue weighted by atomic mass is 9.87. The number of esters is 1. The Bertz CT molecular complexity index is 1300. The Morgan fingerprint density at radius 3 is 2.29 bits per heavy atom. The number of nitrogens with one attached hydrogen (secondary N) is 1. The first-order chi connectivity index (χ1) is 20.3. The average Bonchev–Trinajstić information content (AvgIpc) is 2.97. The fourth-order valence-electron chi connectivity index (χ4n) is 4.51. The lowest BCUT2D eigenvalue weighted by Gasteiger charge is -2.32. The monoisotopic (exact) mass is 613 g/mol. The number of carbonyl (C=O) groups excluding carboxylic acids is 2. The molecule has 0 bridgehead atoms. The van der Waals surface area contributed by atoms with Crippen LogP contribution in [-0.2, 0) is 27.3 Å². The Labute approximate surface area is 258 Å². The highest BCUT2D eigenvalue weighted by molar-refractivity contribution is 7.99. The van der Waals surface area contributed by atoms with Crippen LogP contribution in [-0.4, -0.2) is 37.4 Å². The maximum atomic E-state index is 13.1. The fraction of sp³-hybridized carbons (Fsp3) is 0.394. The molecule has 0 spiro atoms. The van der Waals surface area contributed by atoms with Crippen LogP contribution in [0.5, 0.6) is 11.5 Å². The van der Waals surface area contributed by atoms with Gasteiger partial charge in [-0.3, -0.25) is 0 Å². The molecule has 9 heteroatoms. The lowest BCUT2D eigenvalue weighted by Crippen LogP contribution is -2.55. The van der Waals surface area contributed by atoms with Crippen molar-refractivity contribution in [3.63, 3.8) is 0 Å². The van der Waals surface area contributed by atoms with E-state index in [0.717, 1.165) is 32.4 Å². The summed E-state index contributed by atoms with van der Waals surface area (Å²) in [4.78, 5) is 27.3. The predicted octanol–water partition coefficient (Wildman–Crippen LogP) is 8.25. The van der Waals surface area contributed by atoms with Crippen LogP contribution < -0.4 is 14.8 Å². The van der Waals surface area contributed by atoms with Gasteiger partial charge in [0.2, 0.25) is 0 Å². The largest absolute Gasteiger partial charge is 0.494 e. The first-order valence-corrected chi connectivity index (χ1v) is 15.6. The maximum Gasteiger partial charge on any atom is 0.408 e. The lowest BCUT2D eigenvalue weighted by molar-refractivity contribution is -0.151. The van der Waals surface area contributed by atoms with Gasteiger partial charge in [-0.25, -0.2) is 9.59 Å². The van der Waals surface area contributed by atoms with E-state index in [2.05, 4.69) is 5.32 Å². The van der Waals surface area contributed by atoms with Crippen LogP contribution in [0.3, 0.4) is 0 Å². The Morgan fingerprint density at radius 1 is 0.857 bits per heavy atom. The van der Waals surface area contributed by atoms with Gasteiger partial charge in [-0.2, -0.15) is 0 Å². The van der Waals surface area contributed by atoms with E-state index in [1.807, 2.05) is 80.6 Å². The molecule has 42 heavy (non-hydrogen) atoms. The van der Waals surface area contributed by atoms with Gasteiger partial charge in [0.05, 0.1) is 24.7 Å². The quantitative estimate of drug-likeness (QED) is 0.163. The number of ether oxygens (including phenoxy) is 4. The molecule has 0 heterocycles. The molecule has 0 radical (unpaired) electrons. The molecule has 0 saturated carbocycles. The molecule has 3 aromatic carbocycles. The van der Waals surface area contributed by atoms with Gasteiger partial charge < -0.3 is 24.3 Å². The second-order valence-corrected chi connectivity index (χ2v) is 11.1. The maximum absolute atomic E-state index is 13.1. The summed E-state index contributed by atoms with van der Waals surface area (Å²) in [5.74, 6) is 1.03. The van der Waals surface area contributed by atoms with Crippen molar-refractivity contribution in [3.8, 4) is 11.5 Å². The molecular weight excluding hydrogens is 574 g/mol. The van der Waals surface area contributed by atoms with Crippen molar-refractivity contribution in [2.45, 2.75) is 75.3 Å². The highest BCUT2D eigenvalue weighted by Gasteiger charge is 2.41. The third kappa shape index (κ3) is 9.60. The van der Waals surface area contributed by atoms with Crippen LogP contribution in [0.25, 0.3) is 0 Å². The summed E-state index contributed by atoms with van der Waals surface area (Å²) in [6.07, 6.45) is 1.22. The molecular formula is C33H40ClNO6S. The normalized spacial score (nSPS) is 12.2. The van der Waals surface area contributed by atoms with Crippen molar-refractivity contribution in [3.05, 3.63) is 82.9 Å². The SMILES string of the molecule is CCC[C@@](CCc1ccc(Sc2cc(OCC)ccc2OCc2ccccc2)cc1Cl)(NC(=O)OCC)C(=O)OCC. The summed E-state index contributed by atoms with van der Waals surface area (Å²) in [5.41, 5.74) is 0.729. The fourth-order valence-corrected chi connectivity index (χ4v) is 5.82.